The number of primary amides is 1. The van der Waals surface area contributed by atoms with E-state index in [0.29, 0.717) is 0 Å². The van der Waals surface area contributed by atoms with Gasteiger partial charge in [0.2, 0.25) is 0 Å². The van der Waals surface area contributed by atoms with Crippen molar-refractivity contribution in [1.29, 1.82) is 0 Å². The molecule has 0 saturated heterocycles. The lowest BCUT2D eigenvalue weighted by molar-refractivity contribution is 0.0991. The zero-order valence-corrected chi connectivity index (χ0v) is 10.2. The minimum absolute atomic E-state index is 0.116. The van der Waals surface area contributed by atoms with Crippen LogP contribution in [0.2, 0.25) is 0 Å². The highest BCUT2D eigenvalue weighted by molar-refractivity contribution is 7.14. The van der Waals surface area contributed by atoms with Crippen molar-refractivity contribution in [3.8, 4) is 0 Å². The topological polar surface area (TPSA) is 111 Å². The number of nitrogens with zero attached hydrogens (tertiary/aromatic N) is 3. The lowest BCUT2D eigenvalue weighted by Crippen LogP contribution is -2.15. The molecule has 8 heteroatoms. The van der Waals surface area contributed by atoms with Gasteiger partial charge in [0.25, 0.3) is 11.8 Å². The van der Waals surface area contributed by atoms with Crippen LogP contribution in [0.5, 0.6) is 0 Å². The Balaban J connectivity index is 2.11. The van der Waals surface area contributed by atoms with E-state index in [9.17, 15) is 9.59 Å². The van der Waals surface area contributed by atoms with Gasteiger partial charge in [0.15, 0.2) is 5.13 Å². The molecular formula is C10H9N5O2S. The van der Waals surface area contributed by atoms with E-state index in [4.69, 9.17) is 5.73 Å². The normalized spacial score (nSPS) is 10.1. The Morgan fingerprint density at radius 3 is 2.61 bits per heavy atom. The minimum atomic E-state index is -0.637. The molecule has 2 heterocycles. The number of rotatable bonds is 3. The van der Waals surface area contributed by atoms with Gasteiger partial charge in [0, 0.05) is 11.6 Å². The molecule has 2 aromatic heterocycles. The Labute approximate surface area is 106 Å². The number of amides is 2. The average molecular weight is 263 g/mol. The van der Waals surface area contributed by atoms with E-state index in [2.05, 4.69) is 20.3 Å². The number of thiazole rings is 1. The second-order valence-corrected chi connectivity index (χ2v) is 4.26. The minimum Gasteiger partial charge on any atom is -0.364 e. The van der Waals surface area contributed by atoms with Crippen molar-refractivity contribution >= 4 is 28.3 Å². The molecule has 0 atom stereocenters. The van der Waals surface area contributed by atoms with Crippen molar-refractivity contribution in [3.63, 3.8) is 0 Å². The van der Waals surface area contributed by atoms with E-state index in [1.54, 1.807) is 6.92 Å². The number of nitrogens with two attached hydrogens (primary N) is 1. The molecule has 3 N–H and O–H groups in total. The van der Waals surface area contributed by atoms with Crippen molar-refractivity contribution in [2.45, 2.75) is 6.92 Å². The molecule has 0 spiro atoms. The summed E-state index contributed by atoms with van der Waals surface area (Å²) in [5.41, 5.74) is 6.07. The zero-order valence-electron chi connectivity index (χ0n) is 9.38. The summed E-state index contributed by atoms with van der Waals surface area (Å²) in [4.78, 5) is 34.3. The largest absolute Gasteiger partial charge is 0.364 e. The van der Waals surface area contributed by atoms with E-state index >= 15 is 0 Å². The van der Waals surface area contributed by atoms with Gasteiger partial charge in [0.05, 0.1) is 11.9 Å². The van der Waals surface area contributed by atoms with Gasteiger partial charge in [-0.05, 0) is 6.92 Å². The summed E-state index contributed by atoms with van der Waals surface area (Å²) in [6.45, 7) is 1.77. The molecule has 0 aromatic carbocycles. The van der Waals surface area contributed by atoms with Crippen molar-refractivity contribution in [2.75, 3.05) is 5.32 Å². The summed E-state index contributed by atoms with van der Waals surface area (Å²) < 4.78 is 0. The summed E-state index contributed by atoms with van der Waals surface area (Å²) >= 11 is 1.11. The molecule has 2 amide bonds. The number of anilines is 1. The predicted molar refractivity (Wildman–Crippen MR) is 65.4 cm³/mol. The number of hydrogen-bond acceptors (Lipinski definition) is 6. The van der Waals surface area contributed by atoms with Gasteiger partial charge in [0.1, 0.15) is 11.4 Å². The molecule has 7 nitrogen and oxygen atoms in total. The second-order valence-electron chi connectivity index (χ2n) is 3.40. The SMILES string of the molecule is Cc1cnc(C(=O)Nc2nc(C(N)=O)cs2)cn1. The zero-order chi connectivity index (χ0) is 13.1. The predicted octanol–water partition coefficient (Wildman–Crippen LogP) is 0.593. The number of hydrogen-bond donors (Lipinski definition) is 2. The summed E-state index contributed by atoms with van der Waals surface area (Å²) in [6, 6.07) is 0. The lowest BCUT2D eigenvalue weighted by Gasteiger charge is -2.00. The summed E-state index contributed by atoms with van der Waals surface area (Å²) in [6.07, 6.45) is 2.86. The maximum absolute atomic E-state index is 11.7. The van der Waals surface area contributed by atoms with E-state index < -0.39 is 11.8 Å². The standard InChI is InChI=1S/C10H9N5O2S/c1-5-2-13-6(3-12-5)9(17)15-10-14-7(4-18-10)8(11)16/h2-4H,1H3,(H2,11,16)(H,14,15,17). The number of aromatic nitrogens is 3. The molecule has 0 radical (unpaired) electrons. The van der Waals surface area contributed by atoms with Gasteiger partial charge < -0.3 is 5.73 Å². The first kappa shape index (κ1) is 12.1. The van der Waals surface area contributed by atoms with Crippen molar-refractivity contribution in [2.24, 2.45) is 5.73 Å². The van der Waals surface area contributed by atoms with Crippen LogP contribution in [-0.2, 0) is 0 Å². The molecule has 92 valence electrons. The molecule has 0 saturated carbocycles. The van der Waals surface area contributed by atoms with E-state index in [-0.39, 0.29) is 16.5 Å². The van der Waals surface area contributed by atoms with Gasteiger partial charge in [-0.3, -0.25) is 19.9 Å². The summed E-state index contributed by atoms with van der Waals surface area (Å²) in [7, 11) is 0. The third kappa shape index (κ3) is 2.66. The van der Waals surface area contributed by atoms with Crippen LogP contribution in [0.3, 0.4) is 0 Å². The highest BCUT2D eigenvalue weighted by Gasteiger charge is 2.12. The number of aryl methyl sites for hydroxylation is 1. The van der Waals surface area contributed by atoms with Crippen LogP contribution in [0, 0.1) is 6.92 Å². The maximum atomic E-state index is 11.7. The molecule has 0 fully saturated rings. The van der Waals surface area contributed by atoms with Crippen molar-refractivity contribution in [3.05, 3.63) is 34.9 Å². The van der Waals surface area contributed by atoms with Gasteiger partial charge in [-0.1, -0.05) is 0 Å². The number of nitrogens with one attached hydrogen (secondary N) is 1. The molecular weight excluding hydrogens is 254 g/mol. The van der Waals surface area contributed by atoms with Crippen LogP contribution in [0.25, 0.3) is 0 Å². The van der Waals surface area contributed by atoms with Gasteiger partial charge >= 0.3 is 0 Å². The number of carbonyl (C=O) groups is 2. The molecule has 0 aliphatic heterocycles. The van der Waals surface area contributed by atoms with Crippen LogP contribution < -0.4 is 11.1 Å². The maximum Gasteiger partial charge on any atom is 0.277 e. The highest BCUT2D eigenvalue weighted by atomic mass is 32.1. The first-order valence-corrected chi connectivity index (χ1v) is 5.79. The van der Waals surface area contributed by atoms with Crippen molar-refractivity contribution in [1.82, 2.24) is 15.0 Å². The fourth-order valence-electron chi connectivity index (χ4n) is 1.12. The summed E-state index contributed by atoms with van der Waals surface area (Å²) in [5.74, 6) is -1.07. The Bertz CT molecular complexity index is 593. The Morgan fingerprint density at radius 1 is 1.28 bits per heavy atom. The van der Waals surface area contributed by atoms with Crippen LogP contribution in [0.15, 0.2) is 17.8 Å². The Morgan fingerprint density at radius 2 is 2.06 bits per heavy atom. The third-order valence-corrected chi connectivity index (χ3v) is 2.75. The van der Waals surface area contributed by atoms with Crippen LogP contribution in [0.1, 0.15) is 26.7 Å². The fraction of sp³-hybridized carbons (Fsp3) is 0.100. The number of carbonyl (C=O) groups excluding carboxylic acids is 2. The first-order valence-electron chi connectivity index (χ1n) is 4.91. The molecule has 2 rings (SSSR count). The first-order chi connectivity index (χ1) is 8.56. The Hall–Kier alpha value is -2.35. The average Bonchev–Trinajstić information content (AvgIpc) is 2.78. The highest BCUT2D eigenvalue weighted by Crippen LogP contribution is 2.15. The smallest absolute Gasteiger partial charge is 0.277 e. The van der Waals surface area contributed by atoms with Crippen LogP contribution in [0.4, 0.5) is 5.13 Å². The van der Waals surface area contributed by atoms with E-state index in [1.807, 2.05) is 0 Å². The van der Waals surface area contributed by atoms with Crippen molar-refractivity contribution < 1.29 is 9.59 Å². The monoisotopic (exact) mass is 263 g/mol. The molecule has 0 aliphatic carbocycles. The molecule has 0 bridgehead atoms. The van der Waals surface area contributed by atoms with E-state index in [1.165, 1.54) is 17.8 Å². The quantitative estimate of drug-likeness (QED) is 0.842. The van der Waals surface area contributed by atoms with Crippen LogP contribution >= 0.6 is 11.3 Å². The fourth-order valence-corrected chi connectivity index (χ4v) is 1.81. The third-order valence-electron chi connectivity index (χ3n) is 1.99. The molecule has 0 aliphatic rings. The summed E-state index contributed by atoms with van der Waals surface area (Å²) in [5, 5.41) is 4.27. The Kier molecular flexibility index (Phi) is 3.28. The lowest BCUT2D eigenvalue weighted by atomic mass is 10.4. The van der Waals surface area contributed by atoms with Crippen LogP contribution in [-0.4, -0.2) is 26.8 Å². The van der Waals surface area contributed by atoms with E-state index in [0.717, 1.165) is 17.0 Å². The molecule has 0 unspecified atom stereocenters. The second kappa shape index (κ2) is 4.88. The molecule has 2 aromatic rings. The van der Waals surface area contributed by atoms with Gasteiger partial charge in [-0.15, -0.1) is 11.3 Å². The van der Waals surface area contributed by atoms with Gasteiger partial charge in [-0.2, -0.15) is 0 Å². The van der Waals surface area contributed by atoms with Gasteiger partial charge in [-0.25, -0.2) is 9.97 Å². The molecule has 18 heavy (non-hydrogen) atoms.